The fraction of sp³-hybridized carbons (Fsp3) is 0.429. The molecule has 0 saturated carbocycles. The summed E-state index contributed by atoms with van der Waals surface area (Å²) in [7, 11) is 0. The Labute approximate surface area is 97.8 Å². The molecule has 0 fully saturated rings. The molecule has 1 aromatic rings. The van der Waals surface area contributed by atoms with Crippen molar-refractivity contribution in [2.24, 2.45) is 11.7 Å². The predicted molar refractivity (Wildman–Crippen MR) is 68.9 cm³/mol. The van der Waals surface area contributed by atoms with E-state index in [9.17, 15) is 5.11 Å². The summed E-state index contributed by atoms with van der Waals surface area (Å²) in [5.74, 6) is 0.509. The third-order valence-corrected chi connectivity index (χ3v) is 2.47. The molecule has 16 heavy (non-hydrogen) atoms. The van der Waals surface area contributed by atoms with Crippen LogP contribution in [0.2, 0.25) is 0 Å². The Morgan fingerprint density at radius 3 is 2.44 bits per heavy atom. The molecule has 1 aromatic carbocycles. The first kappa shape index (κ1) is 12.9. The lowest BCUT2D eigenvalue weighted by Gasteiger charge is -2.17. The first-order valence-corrected chi connectivity index (χ1v) is 5.76. The van der Waals surface area contributed by atoms with Crippen LogP contribution in [0.15, 0.2) is 36.4 Å². The Bertz CT molecular complexity index is 319. The molecule has 2 atom stereocenters. The molecule has 0 radical (unpaired) electrons. The van der Waals surface area contributed by atoms with Gasteiger partial charge < -0.3 is 10.8 Å². The molecule has 0 aliphatic rings. The summed E-state index contributed by atoms with van der Waals surface area (Å²) in [6.45, 7) is 4.21. The third-order valence-electron chi connectivity index (χ3n) is 2.47. The molecule has 2 unspecified atom stereocenters. The molecule has 0 saturated heterocycles. The lowest BCUT2D eigenvalue weighted by molar-refractivity contribution is 0.179. The molecule has 2 heteroatoms. The molecule has 0 heterocycles. The van der Waals surface area contributed by atoms with E-state index in [4.69, 9.17) is 5.73 Å². The lowest BCUT2D eigenvalue weighted by atomic mass is 9.99. The van der Waals surface area contributed by atoms with Crippen LogP contribution in [0.4, 0.5) is 0 Å². The molecular formula is C14H21NO. The molecule has 88 valence electrons. The summed E-state index contributed by atoms with van der Waals surface area (Å²) in [5, 5.41) is 9.82. The molecule has 0 bridgehead atoms. The lowest BCUT2D eigenvalue weighted by Crippen LogP contribution is -2.34. The van der Waals surface area contributed by atoms with Gasteiger partial charge in [0.25, 0.3) is 0 Å². The van der Waals surface area contributed by atoms with Gasteiger partial charge in [-0.05, 0) is 17.9 Å². The predicted octanol–water partition coefficient (Wildman–Crippen LogP) is 2.43. The summed E-state index contributed by atoms with van der Waals surface area (Å²) >= 11 is 0. The maximum Gasteiger partial charge on any atom is 0.0875 e. The van der Waals surface area contributed by atoms with Crippen LogP contribution < -0.4 is 5.73 Å². The smallest absolute Gasteiger partial charge is 0.0875 e. The van der Waals surface area contributed by atoms with Crippen molar-refractivity contribution in [3.63, 3.8) is 0 Å². The van der Waals surface area contributed by atoms with E-state index in [0.29, 0.717) is 5.92 Å². The van der Waals surface area contributed by atoms with Crippen LogP contribution in [0, 0.1) is 5.92 Å². The molecule has 1 rings (SSSR count). The van der Waals surface area contributed by atoms with Crippen molar-refractivity contribution in [2.75, 3.05) is 0 Å². The highest BCUT2D eigenvalue weighted by atomic mass is 16.3. The topological polar surface area (TPSA) is 46.2 Å². The second-order valence-corrected chi connectivity index (χ2v) is 4.55. The van der Waals surface area contributed by atoms with Crippen LogP contribution in [0.5, 0.6) is 0 Å². The fourth-order valence-electron chi connectivity index (χ4n) is 1.60. The molecule has 0 spiro atoms. The van der Waals surface area contributed by atoms with Crippen LogP contribution in [0.1, 0.15) is 25.8 Å². The average molecular weight is 219 g/mol. The van der Waals surface area contributed by atoms with Gasteiger partial charge in [0.1, 0.15) is 0 Å². The van der Waals surface area contributed by atoms with Crippen molar-refractivity contribution in [3.05, 3.63) is 42.0 Å². The number of rotatable bonds is 5. The van der Waals surface area contributed by atoms with Crippen LogP contribution in [-0.2, 0) is 0 Å². The summed E-state index contributed by atoms with van der Waals surface area (Å²) in [4.78, 5) is 0. The van der Waals surface area contributed by atoms with Gasteiger partial charge in [-0.25, -0.2) is 0 Å². The fourth-order valence-corrected chi connectivity index (χ4v) is 1.60. The Balaban J connectivity index is 2.50. The van der Waals surface area contributed by atoms with Crippen LogP contribution >= 0.6 is 0 Å². The number of aliphatic hydroxyl groups excluding tert-OH is 1. The monoisotopic (exact) mass is 219 g/mol. The van der Waals surface area contributed by atoms with Gasteiger partial charge in [0.05, 0.1) is 6.10 Å². The van der Waals surface area contributed by atoms with Gasteiger partial charge in [-0.15, -0.1) is 0 Å². The number of benzene rings is 1. The summed E-state index contributed by atoms with van der Waals surface area (Å²) in [5.41, 5.74) is 6.96. The van der Waals surface area contributed by atoms with E-state index in [1.807, 2.05) is 36.4 Å². The Kier molecular flexibility index (Phi) is 5.23. The van der Waals surface area contributed by atoms with Crippen molar-refractivity contribution in [3.8, 4) is 0 Å². The molecular weight excluding hydrogens is 198 g/mol. The number of aliphatic hydroxyl groups is 1. The quantitative estimate of drug-likeness (QED) is 0.799. The minimum absolute atomic E-state index is 0.181. The van der Waals surface area contributed by atoms with E-state index in [1.54, 1.807) is 6.08 Å². The maximum atomic E-state index is 9.82. The van der Waals surface area contributed by atoms with Crippen molar-refractivity contribution in [1.82, 2.24) is 0 Å². The molecule has 3 N–H and O–H groups in total. The second kappa shape index (κ2) is 6.46. The van der Waals surface area contributed by atoms with Gasteiger partial charge in [-0.3, -0.25) is 0 Å². The molecule has 0 aliphatic carbocycles. The highest BCUT2D eigenvalue weighted by Gasteiger charge is 2.12. The average Bonchev–Trinajstić information content (AvgIpc) is 2.26. The van der Waals surface area contributed by atoms with Crippen molar-refractivity contribution in [2.45, 2.75) is 32.4 Å². The summed E-state index contributed by atoms with van der Waals surface area (Å²) < 4.78 is 0. The van der Waals surface area contributed by atoms with Gasteiger partial charge in [-0.2, -0.15) is 0 Å². The highest BCUT2D eigenvalue weighted by molar-refractivity contribution is 5.49. The van der Waals surface area contributed by atoms with Gasteiger partial charge in [-0.1, -0.05) is 56.3 Å². The number of hydrogen-bond acceptors (Lipinski definition) is 2. The first-order valence-electron chi connectivity index (χ1n) is 5.76. The van der Waals surface area contributed by atoms with E-state index in [2.05, 4.69) is 13.8 Å². The Morgan fingerprint density at radius 1 is 1.25 bits per heavy atom. The summed E-state index contributed by atoms with van der Waals surface area (Å²) in [6, 6.07) is 9.73. The third kappa shape index (κ3) is 4.60. The zero-order chi connectivity index (χ0) is 12.0. The van der Waals surface area contributed by atoms with E-state index in [1.165, 1.54) is 0 Å². The maximum absolute atomic E-state index is 9.82. The largest absolute Gasteiger partial charge is 0.387 e. The van der Waals surface area contributed by atoms with Gasteiger partial charge in [0.2, 0.25) is 0 Å². The Hall–Kier alpha value is -1.12. The Morgan fingerprint density at radius 2 is 1.88 bits per heavy atom. The van der Waals surface area contributed by atoms with E-state index < -0.39 is 6.10 Å². The van der Waals surface area contributed by atoms with Crippen LogP contribution in [-0.4, -0.2) is 17.3 Å². The molecule has 0 aromatic heterocycles. The van der Waals surface area contributed by atoms with Crippen molar-refractivity contribution in [1.29, 1.82) is 0 Å². The normalized spacial score (nSPS) is 15.6. The zero-order valence-electron chi connectivity index (χ0n) is 10.0. The van der Waals surface area contributed by atoms with Crippen molar-refractivity contribution < 1.29 is 5.11 Å². The number of hydrogen-bond donors (Lipinski definition) is 2. The van der Waals surface area contributed by atoms with Gasteiger partial charge in [0.15, 0.2) is 0 Å². The minimum atomic E-state index is -0.567. The van der Waals surface area contributed by atoms with Crippen molar-refractivity contribution >= 4 is 6.08 Å². The summed E-state index contributed by atoms with van der Waals surface area (Å²) in [6.07, 6.45) is 3.94. The van der Waals surface area contributed by atoms with Crippen LogP contribution in [0.25, 0.3) is 6.08 Å². The minimum Gasteiger partial charge on any atom is -0.387 e. The van der Waals surface area contributed by atoms with E-state index in [-0.39, 0.29) is 6.04 Å². The van der Waals surface area contributed by atoms with E-state index >= 15 is 0 Å². The van der Waals surface area contributed by atoms with Gasteiger partial charge in [0, 0.05) is 6.04 Å². The molecule has 0 amide bonds. The standard InChI is InChI=1S/C14H21NO/c1-11(2)10-13(15)14(16)9-8-12-6-4-3-5-7-12/h3-9,11,13-14,16H,10,15H2,1-2H3. The molecule has 2 nitrogen and oxygen atoms in total. The van der Waals surface area contributed by atoms with E-state index in [0.717, 1.165) is 12.0 Å². The highest BCUT2D eigenvalue weighted by Crippen LogP contribution is 2.09. The SMILES string of the molecule is CC(C)CC(N)C(O)C=Cc1ccccc1. The number of nitrogens with two attached hydrogens (primary N) is 1. The van der Waals surface area contributed by atoms with Crippen LogP contribution in [0.3, 0.4) is 0 Å². The zero-order valence-corrected chi connectivity index (χ0v) is 10.0. The van der Waals surface area contributed by atoms with Gasteiger partial charge >= 0.3 is 0 Å². The second-order valence-electron chi connectivity index (χ2n) is 4.55. The molecule has 0 aliphatic heterocycles. The first-order chi connectivity index (χ1) is 7.59.